The van der Waals surface area contributed by atoms with Crippen molar-refractivity contribution in [1.82, 2.24) is 0 Å². The van der Waals surface area contributed by atoms with Gasteiger partial charge in [0.2, 0.25) is 5.79 Å². The first-order valence-corrected chi connectivity index (χ1v) is 5.27. The van der Waals surface area contributed by atoms with Crippen molar-refractivity contribution in [3.05, 3.63) is 29.3 Å². The maximum atomic E-state index is 11.5. The lowest BCUT2D eigenvalue weighted by atomic mass is 9.96. The molecule has 1 heterocycles. The van der Waals surface area contributed by atoms with Crippen LogP contribution in [0.4, 0.5) is 0 Å². The van der Waals surface area contributed by atoms with Crippen LogP contribution in [-0.2, 0) is 4.79 Å². The molecule has 0 radical (unpaired) electrons. The van der Waals surface area contributed by atoms with Gasteiger partial charge in [0.1, 0.15) is 11.5 Å². The summed E-state index contributed by atoms with van der Waals surface area (Å²) in [6.45, 7) is 2.84. The number of hydrogen-bond acceptors (Lipinski definition) is 4. The van der Waals surface area contributed by atoms with Crippen molar-refractivity contribution in [1.29, 1.82) is 0 Å². The number of aliphatic hydroxyl groups is 1. The summed E-state index contributed by atoms with van der Waals surface area (Å²) in [5.74, 6) is -0.715. The van der Waals surface area contributed by atoms with Crippen LogP contribution in [0.5, 0.6) is 11.5 Å². The van der Waals surface area contributed by atoms with Crippen LogP contribution in [-0.4, -0.2) is 23.8 Å². The SMILES string of the molecule is COc1cccc2c1C=C(C(C)=O)C(C)(O)O2. The predicted molar refractivity (Wildman–Crippen MR) is 62.9 cm³/mol. The van der Waals surface area contributed by atoms with E-state index in [1.807, 2.05) is 0 Å². The lowest BCUT2D eigenvalue weighted by Gasteiger charge is -2.31. The highest BCUT2D eigenvalue weighted by Gasteiger charge is 2.36. The molecule has 1 aromatic rings. The quantitative estimate of drug-likeness (QED) is 0.847. The first-order valence-electron chi connectivity index (χ1n) is 5.27. The Bertz CT molecular complexity index is 500. The van der Waals surface area contributed by atoms with Gasteiger partial charge >= 0.3 is 0 Å². The summed E-state index contributed by atoms with van der Waals surface area (Å²) in [6.07, 6.45) is 1.61. The van der Waals surface area contributed by atoms with Gasteiger partial charge < -0.3 is 14.6 Å². The molecular formula is C13H14O4. The van der Waals surface area contributed by atoms with Gasteiger partial charge in [0, 0.05) is 6.92 Å². The highest BCUT2D eigenvalue weighted by atomic mass is 16.6. The Balaban J connectivity index is 2.62. The molecule has 1 aliphatic rings. The van der Waals surface area contributed by atoms with Crippen LogP contribution in [0.1, 0.15) is 19.4 Å². The lowest BCUT2D eigenvalue weighted by Crippen LogP contribution is -2.39. The normalized spacial score (nSPS) is 22.2. The third-order valence-electron chi connectivity index (χ3n) is 2.72. The second-order valence-corrected chi connectivity index (χ2v) is 4.07. The topological polar surface area (TPSA) is 55.8 Å². The van der Waals surface area contributed by atoms with E-state index in [2.05, 4.69) is 0 Å². The van der Waals surface area contributed by atoms with Crippen LogP contribution in [0, 0.1) is 0 Å². The van der Waals surface area contributed by atoms with Gasteiger partial charge in [-0.2, -0.15) is 0 Å². The van der Waals surface area contributed by atoms with E-state index >= 15 is 0 Å². The molecule has 1 N–H and O–H groups in total. The van der Waals surface area contributed by atoms with Crippen molar-refractivity contribution in [2.24, 2.45) is 0 Å². The molecule has 1 aliphatic heterocycles. The molecule has 4 nitrogen and oxygen atoms in total. The number of hydrogen-bond donors (Lipinski definition) is 1. The van der Waals surface area contributed by atoms with Gasteiger partial charge in [-0.25, -0.2) is 0 Å². The zero-order chi connectivity index (χ0) is 12.6. The fraction of sp³-hybridized carbons (Fsp3) is 0.308. The third-order valence-corrected chi connectivity index (χ3v) is 2.72. The van der Waals surface area contributed by atoms with Crippen molar-refractivity contribution in [3.8, 4) is 11.5 Å². The number of fused-ring (bicyclic) bond motifs is 1. The van der Waals surface area contributed by atoms with E-state index < -0.39 is 5.79 Å². The van der Waals surface area contributed by atoms with Gasteiger partial charge in [0.25, 0.3) is 0 Å². The van der Waals surface area contributed by atoms with Crippen molar-refractivity contribution in [2.45, 2.75) is 19.6 Å². The third kappa shape index (κ3) is 1.91. The predicted octanol–water partition coefficient (Wildman–Crippen LogP) is 1.77. The second kappa shape index (κ2) is 3.89. The molecule has 1 unspecified atom stereocenters. The Kier molecular flexibility index (Phi) is 2.67. The molecule has 0 aromatic heterocycles. The number of Topliss-reactive ketones (excluding diaryl/α,β-unsaturated/α-hetero) is 1. The Morgan fingerprint density at radius 1 is 1.47 bits per heavy atom. The van der Waals surface area contributed by atoms with Crippen LogP contribution < -0.4 is 9.47 Å². The summed E-state index contributed by atoms with van der Waals surface area (Å²) in [5, 5.41) is 10.1. The van der Waals surface area contributed by atoms with Gasteiger partial charge in [-0.05, 0) is 25.1 Å². The molecule has 0 aliphatic carbocycles. The average molecular weight is 234 g/mol. The highest BCUT2D eigenvalue weighted by Crippen LogP contribution is 2.39. The highest BCUT2D eigenvalue weighted by molar-refractivity contribution is 6.00. The summed E-state index contributed by atoms with van der Waals surface area (Å²) in [7, 11) is 1.55. The summed E-state index contributed by atoms with van der Waals surface area (Å²) in [6, 6.07) is 5.26. The van der Waals surface area contributed by atoms with Crippen LogP contribution >= 0.6 is 0 Å². The molecule has 0 amide bonds. The van der Waals surface area contributed by atoms with Crippen LogP contribution in [0.3, 0.4) is 0 Å². The number of methoxy groups -OCH3 is 1. The lowest BCUT2D eigenvalue weighted by molar-refractivity contribution is -0.125. The minimum atomic E-state index is -1.59. The fourth-order valence-corrected chi connectivity index (χ4v) is 1.91. The summed E-state index contributed by atoms with van der Waals surface area (Å²) in [4.78, 5) is 11.5. The monoisotopic (exact) mass is 234 g/mol. The Hall–Kier alpha value is -1.81. The van der Waals surface area contributed by atoms with E-state index in [0.717, 1.165) is 0 Å². The van der Waals surface area contributed by atoms with Crippen LogP contribution in [0.2, 0.25) is 0 Å². The number of ether oxygens (including phenoxy) is 2. The molecule has 4 heteroatoms. The fourth-order valence-electron chi connectivity index (χ4n) is 1.91. The number of benzene rings is 1. The van der Waals surface area contributed by atoms with Gasteiger partial charge in [-0.1, -0.05) is 6.07 Å². The molecule has 1 atom stereocenters. The van der Waals surface area contributed by atoms with Crippen molar-refractivity contribution in [3.63, 3.8) is 0 Å². The molecule has 2 rings (SSSR count). The zero-order valence-electron chi connectivity index (χ0n) is 9.98. The molecule has 0 fully saturated rings. The molecule has 0 saturated heterocycles. The number of rotatable bonds is 2. The summed E-state index contributed by atoms with van der Waals surface area (Å²) < 4.78 is 10.6. The van der Waals surface area contributed by atoms with Crippen LogP contribution in [0.15, 0.2) is 23.8 Å². The van der Waals surface area contributed by atoms with E-state index in [-0.39, 0.29) is 11.4 Å². The Morgan fingerprint density at radius 3 is 2.76 bits per heavy atom. The number of carbonyl (C=O) groups is 1. The second-order valence-electron chi connectivity index (χ2n) is 4.07. The molecule has 17 heavy (non-hydrogen) atoms. The van der Waals surface area contributed by atoms with E-state index in [0.29, 0.717) is 17.1 Å². The smallest absolute Gasteiger partial charge is 0.235 e. The molecule has 0 spiro atoms. The first-order chi connectivity index (χ1) is 7.95. The maximum absolute atomic E-state index is 11.5. The largest absolute Gasteiger partial charge is 0.496 e. The summed E-state index contributed by atoms with van der Waals surface area (Å²) in [5.41, 5.74) is 0.890. The standard InChI is InChI=1S/C13H14O4/c1-8(14)10-7-9-11(16-3)5-4-6-12(9)17-13(10,2)15/h4-7,15H,1-3H3. The molecule has 0 bridgehead atoms. The molecule has 1 aromatic carbocycles. The van der Waals surface area contributed by atoms with E-state index in [1.165, 1.54) is 13.8 Å². The van der Waals surface area contributed by atoms with Gasteiger partial charge in [0.05, 0.1) is 18.2 Å². The first kappa shape index (κ1) is 11.7. The Morgan fingerprint density at radius 2 is 2.18 bits per heavy atom. The zero-order valence-corrected chi connectivity index (χ0v) is 9.98. The average Bonchev–Trinajstić information content (AvgIpc) is 2.25. The minimum Gasteiger partial charge on any atom is -0.496 e. The Labute approximate surface area is 99.5 Å². The van der Waals surface area contributed by atoms with E-state index in [1.54, 1.807) is 31.4 Å². The van der Waals surface area contributed by atoms with E-state index in [4.69, 9.17) is 9.47 Å². The minimum absolute atomic E-state index is 0.217. The molecular weight excluding hydrogens is 220 g/mol. The number of carbonyl (C=O) groups excluding carboxylic acids is 1. The van der Waals surface area contributed by atoms with Gasteiger partial charge in [-0.3, -0.25) is 4.79 Å². The molecule has 0 saturated carbocycles. The molecule has 90 valence electrons. The van der Waals surface area contributed by atoms with Crippen molar-refractivity contribution in [2.75, 3.05) is 7.11 Å². The van der Waals surface area contributed by atoms with Crippen molar-refractivity contribution < 1.29 is 19.4 Å². The number of ketones is 1. The summed E-state index contributed by atoms with van der Waals surface area (Å²) >= 11 is 0. The van der Waals surface area contributed by atoms with Gasteiger partial charge in [-0.15, -0.1) is 0 Å². The maximum Gasteiger partial charge on any atom is 0.235 e. The van der Waals surface area contributed by atoms with E-state index in [9.17, 15) is 9.90 Å². The van der Waals surface area contributed by atoms with Crippen LogP contribution in [0.25, 0.3) is 6.08 Å². The van der Waals surface area contributed by atoms with Crippen molar-refractivity contribution >= 4 is 11.9 Å². The van der Waals surface area contributed by atoms with Gasteiger partial charge in [0.15, 0.2) is 5.78 Å².